The van der Waals surface area contributed by atoms with E-state index in [1.54, 1.807) is 0 Å². The molecule has 90 valence electrons. The Morgan fingerprint density at radius 3 is 2.35 bits per heavy atom. The van der Waals surface area contributed by atoms with Gasteiger partial charge in [0.1, 0.15) is 0 Å². The van der Waals surface area contributed by atoms with E-state index in [1.807, 2.05) is 17.4 Å². The molecule has 2 aromatic rings. The van der Waals surface area contributed by atoms with Crippen LogP contribution in [0.3, 0.4) is 0 Å². The van der Waals surface area contributed by atoms with Crippen molar-refractivity contribution in [1.82, 2.24) is 0 Å². The second-order valence-corrected chi connectivity index (χ2v) is 6.36. The summed E-state index contributed by atoms with van der Waals surface area (Å²) in [6, 6.07) is 12.8. The van der Waals surface area contributed by atoms with Crippen LogP contribution in [0.1, 0.15) is 31.2 Å². The van der Waals surface area contributed by atoms with Crippen molar-refractivity contribution >= 4 is 11.3 Å². The zero-order chi connectivity index (χ0) is 12.5. The third-order valence-electron chi connectivity index (χ3n) is 2.85. The van der Waals surface area contributed by atoms with Gasteiger partial charge in [-0.2, -0.15) is 0 Å². The molecular formula is C15H19NS. The van der Waals surface area contributed by atoms with E-state index in [4.69, 9.17) is 5.73 Å². The molecule has 0 saturated carbocycles. The Labute approximate surface area is 107 Å². The number of benzene rings is 1. The van der Waals surface area contributed by atoms with Crippen molar-refractivity contribution in [2.24, 2.45) is 5.73 Å². The molecule has 0 atom stereocenters. The molecule has 2 heteroatoms. The van der Waals surface area contributed by atoms with Crippen molar-refractivity contribution in [3.63, 3.8) is 0 Å². The highest BCUT2D eigenvalue weighted by Gasteiger charge is 2.17. The van der Waals surface area contributed by atoms with E-state index in [2.05, 4.69) is 51.1 Å². The van der Waals surface area contributed by atoms with Crippen LogP contribution in [0.25, 0.3) is 10.4 Å². The fraction of sp³-hybridized carbons (Fsp3) is 0.333. The normalized spacial score (nSPS) is 11.8. The molecule has 0 unspecified atom stereocenters. The Balaban J connectivity index is 2.44. The quantitative estimate of drug-likeness (QED) is 0.844. The summed E-state index contributed by atoms with van der Waals surface area (Å²) in [5.41, 5.74) is 8.50. The van der Waals surface area contributed by atoms with Crippen LogP contribution in [-0.4, -0.2) is 0 Å². The van der Waals surface area contributed by atoms with Gasteiger partial charge in [0.2, 0.25) is 0 Å². The molecular weight excluding hydrogens is 226 g/mol. The van der Waals surface area contributed by atoms with Gasteiger partial charge in [-0.1, -0.05) is 45.0 Å². The van der Waals surface area contributed by atoms with Gasteiger partial charge >= 0.3 is 0 Å². The first-order valence-electron chi connectivity index (χ1n) is 5.91. The predicted molar refractivity (Wildman–Crippen MR) is 76.3 cm³/mol. The van der Waals surface area contributed by atoms with E-state index >= 15 is 0 Å². The van der Waals surface area contributed by atoms with E-state index < -0.39 is 0 Å². The molecule has 0 aliphatic carbocycles. The van der Waals surface area contributed by atoms with Gasteiger partial charge in [0.25, 0.3) is 0 Å². The lowest BCUT2D eigenvalue weighted by Crippen LogP contribution is -2.07. The SMILES string of the molecule is CC(C)(C)c1ccc(-c2ccccc2CN)s1. The maximum Gasteiger partial charge on any atom is 0.0349 e. The summed E-state index contributed by atoms with van der Waals surface area (Å²) in [4.78, 5) is 2.73. The maximum absolute atomic E-state index is 5.79. The number of hydrogen-bond donors (Lipinski definition) is 1. The van der Waals surface area contributed by atoms with Crippen LogP contribution in [0.5, 0.6) is 0 Å². The van der Waals surface area contributed by atoms with Gasteiger partial charge in [0.15, 0.2) is 0 Å². The Kier molecular flexibility index (Phi) is 3.36. The standard InChI is InChI=1S/C15H19NS/c1-15(2,3)14-9-8-13(17-14)12-7-5-4-6-11(12)10-16/h4-9H,10,16H2,1-3H3. The molecule has 0 spiro atoms. The zero-order valence-electron chi connectivity index (χ0n) is 10.7. The Morgan fingerprint density at radius 2 is 1.76 bits per heavy atom. The van der Waals surface area contributed by atoms with Gasteiger partial charge in [-0.3, -0.25) is 0 Å². The average molecular weight is 245 g/mol. The molecule has 2 rings (SSSR count). The first-order valence-corrected chi connectivity index (χ1v) is 6.72. The fourth-order valence-corrected chi connectivity index (χ4v) is 2.95. The predicted octanol–water partition coefficient (Wildman–Crippen LogP) is 4.17. The molecule has 0 aliphatic heterocycles. The first kappa shape index (κ1) is 12.3. The minimum absolute atomic E-state index is 0.223. The molecule has 1 heterocycles. The molecule has 2 N–H and O–H groups in total. The summed E-state index contributed by atoms with van der Waals surface area (Å²) in [6.07, 6.45) is 0. The summed E-state index contributed by atoms with van der Waals surface area (Å²) in [7, 11) is 0. The largest absolute Gasteiger partial charge is 0.326 e. The number of hydrogen-bond acceptors (Lipinski definition) is 2. The lowest BCUT2D eigenvalue weighted by atomic mass is 9.95. The van der Waals surface area contributed by atoms with E-state index in [0.29, 0.717) is 6.54 Å². The second-order valence-electron chi connectivity index (χ2n) is 5.28. The third kappa shape index (κ3) is 2.59. The van der Waals surface area contributed by atoms with Crippen LogP contribution in [0.2, 0.25) is 0 Å². The van der Waals surface area contributed by atoms with Gasteiger partial charge < -0.3 is 5.73 Å². The lowest BCUT2D eigenvalue weighted by Gasteiger charge is -2.15. The minimum Gasteiger partial charge on any atom is -0.326 e. The van der Waals surface area contributed by atoms with Crippen molar-refractivity contribution in [3.05, 3.63) is 46.8 Å². The molecule has 0 radical (unpaired) electrons. The molecule has 0 bridgehead atoms. The summed E-state index contributed by atoms with van der Waals surface area (Å²) in [5.74, 6) is 0. The minimum atomic E-state index is 0.223. The smallest absolute Gasteiger partial charge is 0.0349 e. The molecule has 17 heavy (non-hydrogen) atoms. The van der Waals surface area contributed by atoms with Crippen LogP contribution < -0.4 is 5.73 Å². The summed E-state index contributed by atoms with van der Waals surface area (Å²) in [6.45, 7) is 7.34. The topological polar surface area (TPSA) is 26.0 Å². The Morgan fingerprint density at radius 1 is 1.06 bits per heavy atom. The highest BCUT2D eigenvalue weighted by Crippen LogP contribution is 2.36. The summed E-state index contributed by atoms with van der Waals surface area (Å²) < 4.78 is 0. The average Bonchev–Trinajstić information content (AvgIpc) is 2.77. The highest BCUT2D eigenvalue weighted by atomic mass is 32.1. The van der Waals surface area contributed by atoms with Crippen LogP contribution in [0.15, 0.2) is 36.4 Å². The highest BCUT2D eigenvalue weighted by molar-refractivity contribution is 7.15. The number of rotatable bonds is 2. The molecule has 0 saturated heterocycles. The monoisotopic (exact) mass is 245 g/mol. The van der Waals surface area contributed by atoms with Crippen molar-refractivity contribution < 1.29 is 0 Å². The zero-order valence-corrected chi connectivity index (χ0v) is 11.5. The van der Waals surface area contributed by atoms with Crippen molar-refractivity contribution in [3.8, 4) is 10.4 Å². The molecule has 0 fully saturated rings. The Bertz CT molecular complexity index is 506. The number of nitrogens with two attached hydrogens (primary N) is 1. The lowest BCUT2D eigenvalue weighted by molar-refractivity contribution is 0.604. The van der Waals surface area contributed by atoms with Crippen molar-refractivity contribution in [2.45, 2.75) is 32.7 Å². The summed E-state index contributed by atoms with van der Waals surface area (Å²) >= 11 is 1.87. The van der Waals surface area contributed by atoms with Crippen LogP contribution in [-0.2, 0) is 12.0 Å². The molecule has 0 aliphatic rings. The van der Waals surface area contributed by atoms with Gasteiger partial charge in [-0.05, 0) is 28.7 Å². The molecule has 1 nitrogen and oxygen atoms in total. The Hall–Kier alpha value is -1.12. The number of thiophene rings is 1. The van der Waals surface area contributed by atoms with Crippen molar-refractivity contribution in [1.29, 1.82) is 0 Å². The van der Waals surface area contributed by atoms with Crippen LogP contribution >= 0.6 is 11.3 Å². The maximum atomic E-state index is 5.79. The van der Waals surface area contributed by atoms with Gasteiger partial charge in [0.05, 0.1) is 0 Å². The van der Waals surface area contributed by atoms with E-state index in [1.165, 1.54) is 20.9 Å². The van der Waals surface area contributed by atoms with Gasteiger partial charge in [-0.25, -0.2) is 0 Å². The second kappa shape index (κ2) is 4.63. The third-order valence-corrected chi connectivity index (χ3v) is 4.39. The van der Waals surface area contributed by atoms with E-state index in [-0.39, 0.29) is 5.41 Å². The van der Waals surface area contributed by atoms with Crippen LogP contribution in [0.4, 0.5) is 0 Å². The van der Waals surface area contributed by atoms with Gasteiger partial charge in [0, 0.05) is 16.3 Å². The van der Waals surface area contributed by atoms with Crippen LogP contribution in [0, 0.1) is 0 Å². The molecule has 1 aromatic carbocycles. The van der Waals surface area contributed by atoms with E-state index in [9.17, 15) is 0 Å². The molecule has 1 aromatic heterocycles. The van der Waals surface area contributed by atoms with Gasteiger partial charge in [-0.15, -0.1) is 11.3 Å². The first-order chi connectivity index (χ1) is 8.02. The fourth-order valence-electron chi connectivity index (χ4n) is 1.82. The van der Waals surface area contributed by atoms with E-state index in [0.717, 1.165) is 0 Å². The molecule has 0 amide bonds. The van der Waals surface area contributed by atoms with Crippen molar-refractivity contribution in [2.75, 3.05) is 0 Å². The summed E-state index contributed by atoms with van der Waals surface area (Å²) in [5, 5.41) is 0.